The predicted octanol–water partition coefficient (Wildman–Crippen LogP) is 2.08. The van der Waals surface area contributed by atoms with E-state index in [1.807, 2.05) is 0 Å². The normalized spacial score (nSPS) is 37.4. The van der Waals surface area contributed by atoms with Crippen LogP contribution >= 0.6 is 0 Å². The summed E-state index contributed by atoms with van der Waals surface area (Å²) in [6.07, 6.45) is 9.81. The fourth-order valence-electron chi connectivity index (χ4n) is 4.38. The lowest BCUT2D eigenvalue weighted by atomic mass is 9.89. The summed E-state index contributed by atoms with van der Waals surface area (Å²) in [7, 11) is 0. The fraction of sp³-hybridized carbons (Fsp3) is 1.00. The van der Waals surface area contributed by atoms with Crippen molar-refractivity contribution in [1.82, 2.24) is 15.1 Å². The van der Waals surface area contributed by atoms with E-state index in [4.69, 9.17) is 0 Å². The number of nitrogens with zero attached hydrogens (tertiary/aromatic N) is 2. The highest BCUT2D eigenvalue weighted by molar-refractivity contribution is 4.92. The molecule has 0 aromatic carbocycles. The van der Waals surface area contributed by atoms with Crippen LogP contribution in [0.2, 0.25) is 0 Å². The molecule has 0 amide bonds. The average molecular weight is 265 g/mol. The molecule has 2 saturated heterocycles. The zero-order valence-corrected chi connectivity index (χ0v) is 12.6. The zero-order valence-electron chi connectivity index (χ0n) is 12.6. The minimum Gasteiger partial charge on any atom is -0.314 e. The molecule has 0 aromatic rings. The fourth-order valence-corrected chi connectivity index (χ4v) is 4.38. The van der Waals surface area contributed by atoms with E-state index < -0.39 is 0 Å². The molecule has 3 fully saturated rings. The summed E-state index contributed by atoms with van der Waals surface area (Å²) in [5.41, 5.74) is 0. The van der Waals surface area contributed by atoms with Crippen LogP contribution in [-0.4, -0.2) is 60.6 Å². The van der Waals surface area contributed by atoms with Crippen molar-refractivity contribution in [1.29, 1.82) is 0 Å². The molecule has 3 unspecified atom stereocenters. The van der Waals surface area contributed by atoms with Crippen LogP contribution < -0.4 is 5.32 Å². The van der Waals surface area contributed by atoms with Gasteiger partial charge in [-0.25, -0.2) is 0 Å². The molecule has 2 heterocycles. The van der Waals surface area contributed by atoms with E-state index >= 15 is 0 Å². The average Bonchev–Trinajstić information content (AvgIpc) is 2.92. The van der Waals surface area contributed by atoms with Gasteiger partial charge in [0.2, 0.25) is 0 Å². The third-order valence-electron chi connectivity index (χ3n) is 5.46. The lowest BCUT2D eigenvalue weighted by molar-refractivity contribution is 0.0516. The van der Waals surface area contributed by atoms with E-state index in [0.717, 1.165) is 18.1 Å². The van der Waals surface area contributed by atoms with Gasteiger partial charge in [-0.2, -0.15) is 0 Å². The maximum absolute atomic E-state index is 3.75. The molecule has 110 valence electrons. The lowest BCUT2D eigenvalue weighted by Crippen LogP contribution is -2.55. The maximum Gasteiger partial charge on any atom is 0.0224 e. The van der Waals surface area contributed by atoms with E-state index in [2.05, 4.69) is 22.0 Å². The van der Waals surface area contributed by atoms with Gasteiger partial charge in [-0.05, 0) is 51.6 Å². The van der Waals surface area contributed by atoms with Crippen LogP contribution in [-0.2, 0) is 0 Å². The highest BCUT2D eigenvalue weighted by atomic mass is 15.3. The van der Waals surface area contributed by atoms with Gasteiger partial charge in [0.25, 0.3) is 0 Å². The Kier molecular flexibility index (Phi) is 4.78. The molecule has 3 aliphatic rings. The second-order valence-electron chi connectivity index (χ2n) is 6.80. The standard InChI is InChI=1S/C16H31N3/c1-2-8-17-14-5-3-6-15(12-14)19-11-10-18-9-4-7-16(18)13-19/h14-17H,2-13H2,1H3. The van der Waals surface area contributed by atoms with Gasteiger partial charge in [-0.3, -0.25) is 9.80 Å². The highest BCUT2D eigenvalue weighted by Crippen LogP contribution is 2.28. The van der Waals surface area contributed by atoms with Crippen LogP contribution in [0.25, 0.3) is 0 Å². The Morgan fingerprint density at radius 3 is 2.68 bits per heavy atom. The summed E-state index contributed by atoms with van der Waals surface area (Å²) >= 11 is 0. The summed E-state index contributed by atoms with van der Waals surface area (Å²) in [6, 6.07) is 2.55. The topological polar surface area (TPSA) is 18.5 Å². The Morgan fingerprint density at radius 2 is 1.79 bits per heavy atom. The Bertz CT molecular complexity index is 281. The number of rotatable bonds is 4. The van der Waals surface area contributed by atoms with Crippen LogP contribution in [0.1, 0.15) is 51.9 Å². The quantitative estimate of drug-likeness (QED) is 0.839. The summed E-state index contributed by atoms with van der Waals surface area (Å²) in [6.45, 7) is 8.84. The largest absolute Gasteiger partial charge is 0.314 e. The van der Waals surface area contributed by atoms with Crippen LogP contribution in [0.15, 0.2) is 0 Å². The number of hydrogen-bond donors (Lipinski definition) is 1. The first-order valence-corrected chi connectivity index (χ1v) is 8.58. The van der Waals surface area contributed by atoms with Crippen LogP contribution in [0.4, 0.5) is 0 Å². The predicted molar refractivity (Wildman–Crippen MR) is 80.5 cm³/mol. The molecule has 1 saturated carbocycles. The van der Waals surface area contributed by atoms with Gasteiger partial charge in [-0.15, -0.1) is 0 Å². The molecule has 19 heavy (non-hydrogen) atoms. The number of piperazine rings is 1. The molecular weight excluding hydrogens is 234 g/mol. The minimum absolute atomic E-state index is 0.792. The second kappa shape index (κ2) is 6.55. The van der Waals surface area contributed by atoms with Crippen molar-refractivity contribution < 1.29 is 0 Å². The van der Waals surface area contributed by atoms with Crippen LogP contribution in [0, 0.1) is 0 Å². The second-order valence-corrected chi connectivity index (χ2v) is 6.80. The third-order valence-corrected chi connectivity index (χ3v) is 5.46. The van der Waals surface area contributed by atoms with Crippen molar-refractivity contribution >= 4 is 0 Å². The Hall–Kier alpha value is -0.120. The van der Waals surface area contributed by atoms with Gasteiger partial charge < -0.3 is 5.32 Å². The smallest absolute Gasteiger partial charge is 0.0224 e. The van der Waals surface area contributed by atoms with Crippen molar-refractivity contribution in [2.75, 3.05) is 32.7 Å². The summed E-state index contributed by atoms with van der Waals surface area (Å²) in [5, 5.41) is 3.75. The van der Waals surface area contributed by atoms with E-state index in [1.165, 1.54) is 77.7 Å². The monoisotopic (exact) mass is 265 g/mol. The molecule has 3 nitrogen and oxygen atoms in total. The molecule has 3 rings (SSSR count). The molecule has 2 aliphatic heterocycles. The summed E-state index contributed by atoms with van der Waals surface area (Å²) < 4.78 is 0. The molecule has 0 spiro atoms. The van der Waals surface area contributed by atoms with Crippen molar-refractivity contribution in [2.24, 2.45) is 0 Å². The molecule has 0 bridgehead atoms. The first-order valence-electron chi connectivity index (χ1n) is 8.58. The molecular formula is C16H31N3. The SMILES string of the molecule is CCCNC1CCCC(N2CCN3CCCC3C2)C1. The van der Waals surface area contributed by atoms with Gasteiger partial charge in [0.15, 0.2) is 0 Å². The highest BCUT2D eigenvalue weighted by Gasteiger charge is 2.34. The van der Waals surface area contributed by atoms with E-state index in [0.29, 0.717) is 0 Å². The van der Waals surface area contributed by atoms with Gasteiger partial charge in [0.1, 0.15) is 0 Å². The zero-order chi connectivity index (χ0) is 13.1. The number of hydrogen-bond acceptors (Lipinski definition) is 3. The van der Waals surface area contributed by atoms with Crippen molar-refractivity contribution in [3.05, 3.63) is 0 Å². The van der Waals surface area contributed by atoms with Crippen molar-refractivity contribution in [2.45, 2.75) is 70.0 Å². The summed E-state index contributed by atoms with van der Waals surface area (Å²) in [5.74, 6) is 0. The molecule has 3 heteroatoms. The van der Waals surface area contributed by atoms with Gasteiger partial charge >= 0.3 is 0 Å². The maximum atomic E-state index is 3.75. The van der Waals surface area contributed by atoms with Gasteiger partial charge in [0.05, 0.1) is 0 Å². The molecule has 3 atom stereocenters. The lowest BCUT2D eigenvalue weighted by Gasteiger charge is -2.44. The Balaban J connectivity index is 1.50. The van der Waals surface area contributed by atoms with E-state index in [1.54, 1.807) is 0 Å². The first-order chi connectivity index (χ1) is 9.36. The first kappa shape index (κ1) is 13.8. The van der Waals surface area contributed by atoms with E-state index in [9.17, 15) is 0 Å². The molecule has 0 aromatic heterocycles. The van der Waals surface area contributed by atoms with Crippen LogP contribution in [0.3, 0.4) is 0 Å². The third kappa shape index (κ3) is 3.32. The number of fused-ring (bicyclic) bond motifs is 1. The van der Waals surface area contributed by atoms with Crippen molar-refractivity contribution in [3.8, 4) is 0 Å². The molecule has 1 aliphatic carbocycles. The van der Waals surface area contributed by atoms with Crippen molar-refractivity contribution in [3.63, 3.8) is 0 Å². The Labute approximate surface area is 118 Å². The molecule has 1 N–H and O–H groups in total. The number of nitrogens with one attached hydrogen (secondary N) is 1. The summed E-state index contributed by atoms with van der Waals surface area (Å²) in [4.78, 5) is 5.55. The van der Waals surface area contributed by atoms with Gasteiger partial charge in [-0.1, -0.05) is 13.3 Å². The Morgan fingerprint density at radius 1 is 0.947 bits per heavy atom. The minimum atomic E-state index is 0.792. The van der Waals surface area contributed by atoms with Crippen LogP contribution in [0.5, 0.6) is 0 Å². The van der Waals surface area contributed by atoms with Gasteiger partial charge in [0, 0.05) is 37.8 Å². The molecule has 0 radical (unpaired) electrons. The van der Waals surface area contributed by atoms with E-state index in [-0.39, 0.29) is 0 Å².